The molecule has 44 heavy (non-hydrogen) atoms. The average Bonchev–Trinajstić information content (AvgIpc) is 3.37. The molecule has 2 heterocycles. The first kappa shape index (κ1) is 32.9. The Morgan fingerprint density at radius 2 is 1.55 bits per heavy atom. The molecule has 0 unspecified atom stereocenters. The molecule has 0 N–H and O–H groups in total. The Balaban J connectivity index is 1.66. The van der Waals surface area contributed by atoms with Crippen molar-refractivity contribution in [2.75, 3.05) is 6.61 Å². The lowest BCUT2D eigenvalue weighted by Gasteiger charge is -2.37. The smallest absolute Gasteiger partial charge is 0.333 e. The molecule has 3 atom stereocenters. The average molecular weight is 627 g/mol. The summed E-state index contributed by atoms with van der Waals surface area (Å²) < 4.78 is 21.3. The van der Waals surface area contributed by atoms with Crippen LogP contribution >= 0.6 is 0 Å². The van der Waals surface area contributed by atoms with Crippen molar-refractivity contribution in [2.45, 2.75) is 83.8 Å². The highest BCUT2D eigenvalue weighted by molar-refractivity contribution is 6.74. The van der Waals surface area contributed by atoms with E-state index in [1.807, 2.05) is 0 Å². The summed E-state index contributed by atoms with van der Waals surface area (Å²) in [6.45, 7) is 11.9. The van der Waals surface area contributed by atoms with Crippen molar-refractivity contribution in [3.05, 3.63) is 112 Å². The maximum atomic E-state index is 13.7. The van der Waals surface area contributed by atoms with E-state index in [1.54, 1.807) is 31.2 Å². The van der Waals surface area contributed by atoms with Crippen LogP contribution in [0.4, 0.5) is 11.4 Å². The standard InChI is InChI=1S/C30H38N4O9Si/c1-20-16-31(29(36)32(28(20)35)17-21-11-7-9-13-23(21)33(37)38)27-15-25(26(43-27)19-42-44(5,6)30(2,3)4)41-18-22-12-8-10-14-24(22)34(39)40/h7-14,16,25-27H,15,17-19H2,1-6H3/t25-,26+,27+/m0/s1. The van der Waals surface area contributed by atoms with Crippen molar-refractivity contribution >= 4 is 19.7 Å². The van der Waals surface area contributed by atoms with E-state index in [1.165, 1.54) is 35.0 Å². The van der Waals surface area contributed by atoms with E-state index >= 15 is 0 Å². The molecule has 0 spiro atoms. The lowest BCUT2D eigenvalue weighted by Crippen LogP contribution is -2.44. The summed E-state index contributed by atoms with van der Waals surface area (Å²) in [7, 11) is -2.20. The van der Waals surface area contributed by atoms with Crippen LogP contribution in [0.1, 0.15) is 50.1 Å². The number of nitro groups is 2. The number of nitrogens with zero attached hydrogens (tertiary/aromatic N) is 4. The van der Waals surface area contributed by atoms with Gasteiger partial charge in [0, 0.05) is 35.9 Å². The third-order valence-corrected chi connectivity index (χ3v) is 12.9. The van der Waals surface area contributed by atoms with Crippen molar-refractivity contribution in [3.8, 4) is 0 Å². The normalized spacial score (nSPS) is 18.8. The van der Waals surface area contributed by atoms with E-state index in [-0.39, 0.29) is 53.7 Å². The van der Waals surface area contributed by atoms with Crippen LogP contribution in [-0.2, 0) is 27.1 Å². The zero-order chi connectivity index (χ0) is 32.4. The Kier molecular flexibility index (Phi) is 9.68. The molecule has 3 aromatic rings. The maximum Gasteiger partial charge on any atom is 0.333 e. The van der Waals surface area contributed by atoms with Gasteiger partial charge in [-0.3, -0.25) is 34.2 Å². The van der Waals surface area contributed by atoms with E-state index in [9.17, 15) is 29.8 Å². The highest BCUT2D eigenvalue weighted by atomic mass is 28.4. The second-order valence-corrected chi connectivity index (χ2v) is 17.3. The molecule has 1 aromatic heterocycles. The summed E-state index contributed by atoms with van der Waals surface area (Å²) in [5, 5.41) is 23.0. The van der Waals surface area contributed by atoms with Crippen molar-refractivity contribution in [3.63, 3.8) is 0 Å². The molecule has 1 aliphatic heterocycles. The lowest BCUT2D eigenvalue weighted by atomic mass is 10.1. The first-order valence-corrected chi connectivity index (χ1v) is 17.2. The van der Waals surface area contributed by atoms with Gasteiger partial charge in [-0.15, -0.1) is 0 Å². The largest absolute Gasteiger partial charge is 0.414 e. The quantitative estimate of drug-likeness (QED) is 0.161. The SMILES string of the molecule is Cc1cn([C@H]2C[C@H](OCc3ccccc3[N+](=O)[O-])[C@@H](CO[Si](C)(C)C(C)(C)C)O2)c(=O)n(Cc2ccccc2[N+](=O)[O-])c1=O. The molecule has 2 aromatic carbocycles. The van der Waals surface area contributed by atoms with Crippen LogP contribution in [0.2, 0.25) is 18.1 Å². The molecule has 0 amide bonds. The fourth-order valence-electron chi connectivity index (χ4n) is 4.81. The van der Waals surface area contributed by atoms with Gasteiger partial charge in [0.1, 0.15) is 12.3 Å². The Labute approximate surface area is 255 Å². The third-order valence-electron chi connectivity index (χ3n) is 8.43. The van der Waals surface area contributed by atoms with Gasteiger partial charge in [-0.2, -0.15) is 0 Å². The summed E-state index contributed by atoms with van der Waals surface area (Å²) in [4.78, 5) is 48.9. The Morgan fingerprint density at radius 1 is 0.977 bits per heavy atom. The predicted molar refractivity (Wildman–Crippen MR) is 165 cm³/mol. The van der Waals surface area contributed by atoms with Gasteiger partial charge in [0.2, 0.25) is 0 Å². The van der Waals surface area contributed by atoms with Gasteiger partial charge in [0.05, 0.1) is 41.3 Å². The summed E-state index contributed by atoms with van der Waals surface area (Å²) in [6.07, 6.45) is -0.425. The minimum atomic E-state index is -2.20. The molecule has 4 rings (SSSR count). The molecule has 236 valence electrons. The molecule has 1 fully saturated rings. The number of nitro benzene ring substituents is 2. The van der Waals surface area contributed by atoms with Gasteiger partial charge >= 0.3 is 5.69 Å². The highest BCUT2D eigenvalue weighted by Gasteiger charge is 2.42. The zero-order valence-electron chi connectivity index (χ0n) is 25.7. The summed E-state index contributed by atoms with van der Waals surface area (Å²) >= 11 is 0. The van der Waals surface area contributed by atoms with Crippen molar-refractivity contribution < 1.29 is 23.7 Å². The van der Waals surface area contributed by atoms with E-state index in [4.69, 9.17) is 13.9 Å². The highest BCUT2D eigenvalue weighted by Crippen LogP contribution is 2.38. The van der Waals surface area contributed by atoms with Gasteiger partial charge in [0.15, 0.2) is 8.32 Å². The Bertz CT molecular complexity index is 1660. The molecule has 1 aliphatic rings. The number of aromatic nitrogens is 2. The number of rotatable bonds is 11. The number of hydrogen-bond donors (Lipinski definition) is 0. The second-order valence-electron chi connectivity index (χ2n) is 12.5. The monoisotopic (exact) mass is 626 g/mol. The molecule has 0 aliphatic carbocycles. The van der Waals surface area contributed by atoms with Crippen LogP contribution in [-0.4, -0.2) is 46.1 Å². The zero-order valence-corrected chi connectivity index (χ0v) is 26.7. The van der Waals surface area contributed by atoms with Crippen LogP contribution in [0.15, 0.2) is 64.3 Å². The maximum absolute atomic E-state index is 13.7. The van der Waals surface area contributed by atoms with Crippen molar-refractivity contribution in [1.82, 2.24) is 9.13 Å². The number of aryl methyl sites for hydroxylation is 1. The van der Waals surface area contributed by atoms with Crippen LogP contribution in [0, 0.1) is 27.2 Å². The van der Waals surface area contributed by atoms with Crippen LogP contribution in [0.3, 0.4) is 0 Å². The Hall–Kier alpha value is -3.98. The Morgan fingerprint density at radius 3 is 2.14 bits per heavy atom. The molecule has 0 saturated carbocycles. The van der Waals surface area contributed by atoms with Crippen LogP contribution in [0.25, 0.3) is 0 Å². The molecular formula is C30H38N4O9Si. The number of benzene rings is 2. The third kappa shape index (κ3) is 7.04. The van der Waals surface area contributed by atoms with Crippen LogP contribution in [0.5, 0.6) is 0 Å². The minimum Gasteiger partial charge on any atom is -0.414 e. The fourth-order valence-corrected chi connectivity index (χ4v) is 5.82. The van der Waals surface area contributed by atoms with Gasteiger partial charge in [-0.25, -0.2) is 4.79 Å². The molecule has 0 radical (unpaired) electrons. The summed E-state index contributed by atoms with van der Waals surface area (Å²) in [5.41, 5.74) is -0.647. The van der Waals surface area contributed by atoms with Gasteiger partial charge in [-0.05, 0) is 31.1 Å². The molecule has 1 saturated heterocycles. The second kappa shape index (κ2) is 12.9. The molecule has 0 bridgehead atoms. The number of hydrogen-bond acceptors (Lipinski definition) is 9. The first-order valence-electron chi connectivity index (χ1n) is 14.3. The minimum absolute atomic E-state index is 0.0560. The van der Waals surface area contributed by atoms with E-state index in [0.29, 0.717) is 5.56 Å². The summed E-state index contributed by atoms with van der Waals surface area (Å²) in [6, 6.07) is 12.3. The molecule has 14 heteroatoms. The topological polar surface area (TPSA) is 158 Å². The van der Waals surface area contributed by atoms with E-state index in [2.05, 4.69) is 33.9 Å². The van der Waals surface area contributed by atoms with Gasteiger partial charge < -0.3 is 13.9 Å². The molecular weight excluding hydrogens is 588 g/mol. The van der Waals surface area contributed by atoms with Crippen molar-refractivity contribution in [2.24, 2.45) is 0 Å². The lowest BCUT2D eigenvalue weighted by molar-refractivity contribution is -0.386. The van der Waals surface area contributed by atoms with E-state index < -0.39 is 47.8 Å². The summed E-state index contributed by atoms with van der Waals surface area (Å²) in [5.74, 6) is 0. The first-order chi connectivity index (χ1) is 20.6. The van der Waals surface area contributed by atoms with E-state index in [0.717, 1.165) is 4.57 Å². The van der Waals surface area contributed by atoms with Gasteiger partial charge in [-0.1, -0.05) is 51.1 Å². The fraction of sp³-hybridized carbons (Fsp3) is 0.467. The number of ether oxygens (including phenoxy) is 2. The van der Waals surface area contributed by atoms with Crippen LogP contribution < -0.4 is 11.2 Å². The van der Waals surface area contributed by atoms with Gasteiger partial charge in [0.25, 0.3) is 16.9 Å². The van der Waals surface area contributed by atoms with Crippen molar-refractivity contribution in [1.29, 1.82) is 0 Å². The molecule has 13 nitrogen and oxygen atoms in total. The predicted octanol–water partition coefficient (Wildman–Crippen LogP) is 5.08. The number of para-hydroxylation sites is 2.